The maximum Gasteiger partial charge on any atom is 0.171 e. The van der Waals surface area contributed by atoms with Gasteiger partial charge in [0.25, 0.3) is 0 Å². The second-order valence-electron chi connectivity index (χ2n) is 4.51. The Hall–Kier alpha value is -1.04. The number of sulfone groups is 1. The second-order valence-corrected chi connectivity index (χ2v) is 6.81. The molecule has 0 aromatic carbocycles. The van der Waals surface area contributed by atoms with Crippen LogP contribution in [0.4, 0.5) is 5.69 Å². The lowest BCUT2D eigenvalue weighted by Crippen LogP contribution is -2.34. The van der Waals surface area contributed by atoms with Crippen LogP contribution in [0.15, 0.2) is 6.20 Å². The normalized spacial score (nSPS) is 19.7. The fraction of sp³-hybridized carbons (Fsp3) is 0.727. The average Bonchev–Trinajstić information content (AvgIpc) is 2.76. The molecule has 1 aromatic heterocycles. The van der Waals surface area contributed by atoms with Gasteiger partial charge in [-0.3, -0.25) is 5.10 Å². The highest BCUT2D eigenvalue weighted by molar-refractivity contribution is 7.92. The van der Waals surface area contributed by atoms with Crippen molar-refractivity contribution < 1.29 is 8.42 Å². The Kier molecular flexibility index (Phi) is 3.71. The molecule has 0 radical (unpaired) electrons. The Morgan fingerprint density at radius 1 is 1.47 bits per heavy atom. The second kappa shape index (κ2) is 5.08. The Morgan fingerprint density at radius 3 is 3.06 bits per heavy atom. The zero-order valence-electron chi connectivity index (χ0n) is 10.1. The zero-order chi connectivity index (χ0) is 12.3. The van der Waals surface area contributed by atoms with Crippen molar-refractivity contribution in [1.82, 2.24) is 10.2 Å². The Bertz CT molecular complexity index is 467. The third-order valence-electron chi connectivity index (χ3n) is 3.16. The molecule has 0 spiro atoms. The predicted molar refractivity (Wildman–Crippen MR) is 67.6 cm³/mol. The summed E-state index contributed by atoms with van der Waals surface area (Å²) < 4.78 is 24.2. The van der Waals surface area contributed by atoms with Crippen molar-refractivity contribution in [3.8, 4) is 0 Å². The third-order valence-corrected chi connectivity index (χ3v) is 5.24. The number of hydrogen-bond donors (Lipinski definition) is 2. The van der Waals surface area contributed by atoms with Crippen LogP contribution in [0.2, 0.25) is 0 Å². The van der Waals surface area contributed by atoms with Crippen molar-refractivity contribution in [2.45, 2.75) is 44.4 Å². The minimum absolute atomic E-state index is 0.283. The van der Waals surface area contributed by atoms with Crippen molar-refractivity contribution in [2.75, 3.05) is 11.1 Å². The highest BCUT2D eigenvalue weighted by Gasteiger charge is 2.29. The third kappa shape index (κ3) is 2.80. The number of nitrogens with zero attached hydrogens (tertiary/aromatic N) is 1. The van der Waals surface area contributed by atoms with E-state index in [2.05, 4.69) is 22.4 Å². The van der Waals surface area contributed by atoms with E-state index >= 15 is 0 Å². The SMILES string of the molecule is CCCCCS(=O)(=O)C1CCc2[nH]ncc2N1. The smallest absolute Gasteiger partial charge is 0.171 e. The fourth-order valence-electron chi connectivity index (χ4n) is 2.11. The molecule has 1 unspecified atom stereocenters. The lowest BCUT2D eigenvalue weighted by Gasteiger charge is -2.24. The summed E-state index contributed by atoms with van der Waals surface area (Å²) in [6.07, 6.45) is 5.81. The van der Waals surface area contributed by atoms with Crippen LogP contribution in [0.25, 0.3) is 0 Å². The van der Waals surface area contributed by atoms with E-state index < -0.39 is 15.2 Å². The highest BCUT2D eigenvalue weighted by Crippen LogP contribution is 2.25. The quantitative estimate of drug-likeness (QED) is 0.787. The molecule has 0 bridgehead atoms. The minimum atomic E-state index is -3.03. The van der Waals surface area contributed by atoms with Crippen molar-refractivity contribution in [3.63, 3.8) is 0 Å². The number of aromatic amines is 1. The molecule has 2 heterocycles. The number of aromatic nitrogens is 2. The molecule has 1 aromatic rings. The van der Waals surface area contributed by atoms with Gasteiger partial charge in [-0.25, -0.2) is 8.42 Å². The molecule has 1 atom stereocenters. The van der Waals surface area contributed by atoms with E-state index in [1.54, 1.807) is 6.20 Å². The number of hydrogen-bond acceptors (Lipinski definition) is 4. The number of nitrogens with one attached hydrogen (secondary N) is 2. The first-order valence-corrected chi connectivity index (χ1v) is 7.85. The Labute approximate surface area is 102 Å². The molecule has 1 aliphatic heterocycles. The summed E-state index contributed by atoms with van der Waals surface area (Å²) >= 11 is 0. The molecular formula is C11H19N3O2S. The van der Waals surface area contributed by atoms with Crippen LogP contribution in [0.1, 0.15) is 38.3 Å². The first-order valence-electron chi connectivity index (χ1n) is 6.14. The molecule has 0 amide bonds. The van der Waals surface area contributed by atoms with Crippen molar-refractivity contribution in [1.29, 1.82) is 0 Å². The molecule has 6 heteroatoms. The summed E-state index contributed by atoms with van der Waals surface area (Å²) in [5.74, 6) is 0.283. The number of anilines is 1. The molecule has 17 heavy (non-hydrogen) atoms. The van der Waals surface area contributed by atoms with Gasteiger partial charge in [0.15, 0.2) is 9.84 Å². The van der Waals surface area contributed by atoms with Gasteiger partial charge in [0.2, 0.25) is 0 Å². The maximum absolute atomic E-state index is 12.1. The van der Waals surface area contributed by atoms with E-state index in [1.807, 2.05) is 0 Å². The van der Waals surface area contributed by atoms with Gasteiger partial charge < -0.3 is 5.32 Å². The van der Waals surface area contributed by atoms with Gasteiger partial charge in [0, 0.05) is 0 Å². The van der Waals surface area contributed by atoms with Crippen molar-refractivity contribution in [3.05, 3.63) is 11.9 Å². The van der Waals surface area contributed by atoms with Crippen molar-refractivity contribution in [2.24, 2.45) is 0 Å². The van der Waals surface area contributed by atoms with Gasteiger partial charge in [0.1, 0.15) is 5.37 Å². The molecule has 0 fully saturated rings. The Balaban J connectivity index is 2.00. The highest BCUT2D eigenvalue weighted by atomic mass is 32.2. The van der Waals surface area contributed by atoms with Gasteiger partial charge in [-0.2, -0.15) is 5.10 Å². The lowest BCUT2D eigenvalue weighted by atomic mass is 10.1. The maximum atomic E-state index is 12.1. The van der Waals surface area contributed by atoms with Gasteiger partial charge in [-0.05, 0) is 19.3 Å². The van der Waals surface area contributed by atoms with Crippen LogP contribution in [0.3, 0.4) is 0 Å². The number of fused-ring (bicyclic) bond motifs is 1. The molecular weight excluding hydrogens is 238 g/mol. The van der Waals surface area contributed by atoms with Crippen LogP contribution >= 0.6 is 0 Å². The first-order chi connectivity index (χ1) is 8.13. The number of aryl methyl sites for hydroxylation is 1. The van der Waals surface area contributed by atoms with Crippen LogP contribution in [0, 0.1) is 0 Å². The number of H-pyrrole nitrogens is 1. The van der Waals surface area contributed by atoms with E-state index in [-0.39, 0.29) is 5.75 Å². The first kappa shape index (κ1) is 12.4. The number of rotatable bonds is 5. The molecule has 2 N–H and O–H groups in total. The molecule has 5 nitrogen and oxygen atoms in total. The van der Waals surface area contributed by atoms with Crippen LogP contribution in [-0.4, -0.2) is 29.7 Å². The van der Waals surface area contributed by atoms with E-state index in [1.165, 1.54) is 0 Å². The Morgan fingerprint density at radius 2 is 2.29 bits per heavy atom. The zero-order valence-corrected chi connectivity index (χ0v) is 10.9. The topological polar surface area (TPSA) is 74.8 Å². The van der Waals surface area contributed by atoms with Gasteiger partial charge in [-0.1, -0.05) is 19.8 Å². The minimum Gasteiger partial charge on any atom is -0.366 e. The van der Waals surface area contributed by atoms with E-state index in [9.17, 15) is 8.42 Å². The summed E-state index contributed by atoms with van der Waals surface area (Å²) in [5, 5.41) is 9.41. The molecule has 0 saturated carbocycles. The van der Waals surface area contributed by atoms with E-state index in [4.69, 9.17) is 0 Å². The predicted octanol–water partition coefficient (Wildman–Crippen LogP) is 1.70. The van der Waals surface area contributed by atoms with Crippen LogP contribution in [0.5, 0.6) is 0 Å². The largest absolute Gasteiger partial charge is 0.366 e. The summed E-state index contributed by atoms with van der Waals surface area (Å²) in [5.41, 5.74) is 1.84. The van der Waals surface area contributed by atoms with Gasteiger partial charge in [0.05, 0.1) is 23.3 Å². The average molecular weight is 257 g/mol. The summed E-state index contributed by atoms with van der Waals surface area (Å²) in [6.45, 7) is 2.07. The molecule has 0 saturated heterocycles. The van der Waals surface area contributed by atoms with Crippen LogP contribution in [-0.2, 0) is 16.3 Å². The van der Waals surface area contributed by atoms with Crippen LogP contribution < -0.4 is 5.32 Å². The fourth-order valence-corrected chi connectivity index (χ4v) is 3.79. The standard InChI is InChI=1S/C11H19N3O2S/c1-2-3-4-7-17(15,16)11-6-5-9-10(13-11)8-12-14-9/h8,11,13H,2-7H2,1H3,(H,12,14). The van der Waals surface area contributed by atoms with Gasteiger partial charge >= 0.3 is 0 Å². The molecule has 2 rings (SSSR count). The summed E-state index contributed by atoms with van der Waals surface area (Å²) in [4.78, 5) is 0. The van der Waals surface area contributed by atoms with Crippen molar-refractivity contribution >= 4 is 15.5 Å². The van der Waals surface area contributed by atoms with E-state index in [0.29, 0.717) is 6.42 Å². The van der Waals surface area contributed by atoms with E-state index in [0.717, 1.165) is 37.1 Å². The monoisotopic (exact) mass is 257 g/mol. The summed E-state index contributed by atoms with van der Waals surface area (Å²) in [6, 6.07) is 0. The molecule has 0 aliphatic carbocycles. The number of unbranched alkanes of at least 4 members (excludes halogenated alkanes) is 2. The van der Waals surface area contributed by atoms with Gasteiger partial charge in [-0.15, -0.1) is 0 Å². The molecule has 96 valence electrons. The summed E-state index contributed by atoms with van der Waals surface area (Å²) in [7, 11) is -3.03. The molecule has 1 aliphatic rings. The lowest BCUT2D eigenvalue weighted by molar-refractivity contribution is 0.571.